The van der Waals surface area contributed by atoms with Gasteiger partial charge in [-0.3, -0.25) is 4.79 Å². The second-order valence-corrected chi connectivity index (χ2v) is 4.79. The summed E-state index contributed by atoms with van der Waals surface area (Å²) in [5, 5.41) is 2.77. The van der Waals surface area contributed by atoms with Crippen LogP contribution in [0.4, 0.5) is 5.69 Å². The van der Waals surface area contributed by atoms with E-state index in [4.69, 9.17) is 15.2 Å². The molecule has 0 atom stereocenters. The Morgan fingerprint density at radius 1 is 1.14 bits per heavy atom. The molecule has 3 N–H and O–H groups in total. The van der Waals surface area contributed by atoms with Crippen LogP contribution in [0, 0.1) is 0 Å². The van der Waals surface area contributed by atoms with Crippen LogP contribution in [0.2, 0.25) is 0 Å². The van der Waals surface area contributed by atoms with Crippen molar-refractivity contribution in [2.75, 3.05) is 19.0 Å². The van der Waals surface area contributed by atoms with E-state index in [1.54, 1.807) is 7.11 Å². The van der Waals surface area contributed by atoms with Gasteiger partial charge in [0.2, 0.25) is 5.91 Å². The van der Waals surface area contributed by atoms with Crippen LogP contribution < -0.4 is 15.8 Å². The second kappa shape index (κ2) is 8.17. The van der Waals surface area contributed by atoms with Gasteiger partial charge in [0, 0.05) is 12.2 Å². The van der Waals surface area contributed by atoms with E-state index in [1.165, 1.54) is 0 Å². The molecule has 0 radical (unpaired) electrons. The van der Waals surface area contributed by atoms with Crippen molar-refractivity contribution < 1.29 is 14.3 Å². The molecule has 2 aromatic rings. The molecule has 0 fully saturated rings. The summed E-state index contributed by atoms with van der Waals surface area (Å²) in [6.07, 6.45) is 0. The lowest BCUT2D eigenvalue weighted by atomic mass is 10.2. The molecule has 0 heterocycles. The van der Waals surface area contributed by atoms with Crippen LogP contribution in [0.25, 0.3) is 0 Å². The van der Waals surface area contributed by atoms with Crippen LogP contribution >= 0.6 is 0 Å². The van der Waals surface area contributed by atoms with Gasteiger partial charge in [-0.1, -0.05) is 24.3 Å². The van der Waals surface area contributed by atoms with Gasteiger partial charge in [-0.15, -0.1) is 0 Å². The molecule has 0 spiro atoms. The number of amides is 1. The number of hydrogen-bond donors (Lipinski definition) is 2. The predicted octanol–water partition coefficient (Wildman–Crippen LogP) is 2.31. The van der Waals surface area contributed by atoms with E-state index in [0.29, 0.717) is 13.2 Å². The standard InChI is InChI=1S/C17H20N2O3/c1-21-16-4-2-3-14(9-16)11-22-12-17(20)19-15-7-5-13(10-18)6-8-15/h2-9H,10-12,18H2,1H3,(H,19,20). The minimum Gasteiger partial charge on any atom is -0.497 e. The third-order valence-corrected chi connectivity index (χ3v) is 3.11. The first kappa shape index (κ1) is 16.0. The summed E-state index contributed by atoms with van der Waals surface area (Å²) in [7, 11) is 1.61. The Morgan fingerprint density at radius 3 is 2.59 bits per heavy atom. The Morgan fingerprint density at radius 2 is 1.91 bits per heavy atom. The van der Waals surface area contributed by atoms with Crippen molar-refractivity contribution in [1.29, 1.82) is 0 Å². The summed E-state index contributed by atoms with van der Waals surface area (Å²) in [6.45, 7) is 0.838. The lowest BCUT2D eigenvalue weighted by Gasteiger charge is -2.08. The van der Waals surface area contributed by atoms with Crippen molar-refractivity contribution in [3.05, 3.63) is 59.7 Å². The molecule has 1 amide bonds. The zero-order chi connectivity index (χ0) is 15.8. The zero-order valence-electron chi connectivity index (χ0n) is 12.5. The molecule has 0 bridgehead atoms. The highest BCUT2D eigenvalue weighted by atomic mass is 16.5. The number of benzene rings is 2. The highest BCUT2D eigenvalue weighted by Crippen LogP contribution is 2.13. The average molecular weight is 300 g/mol. The fraction of sp³-hybridized carbons (Fsp3) is 0.235. The minimum absolute atomic E-state index is 0.00412. The van der Waals surface area contributed by atoms with Crippen LogP contribution in [0.5, 0.6) is 5.75 Å². The third kappa shape index (κ3) is 4.87. The van der Waals surface area contributed by atoms with E-state index in [0.717, 1.165) is 22.6 Å². The minimum atomic E-state index is -0.191. The van der Waals surface area contributed by atoms with Crippen molar-refractivity contribution in [1.82, 2.24) is 0 Å². The molecule has 0 aromatic heterocycles. The smallest absolute Gasteiger partial charge is 0.250 e. The fourth-order valence-corrected chi connectivity index (χ4v) is 1.95. The fourth-order valence-electron chi connectivity index (χ4n) is 1.95. The molecule has 0 aliphatic rings. The van der Waals surface area contributed by atoms with Crippen LogP contribution in [-0.4, -0.2) is 19.6 Å². The Kier molecular flexibility index (Phi) is 5.94. The maximum absolute atomic E-state index is 11.8. The van der Waals surface area contributed by atoms with Crippen molar-refractivity contribution in [2.24, 2.45) is 5.73 Å². The molecular weight excluding hydrogens is 280 g/mol. The Balaban J connectivity index is 1.77. The van der Waals surface area contributed by atoms with Gasteiger partial charge in [-0.2, -0.15) is 0 Å². The van der Waals surface area contributed by atoms with Gasteiger partial charge in [-0.25, -0.2) is 0 Å². The van der Waals surface area contributed by atoms with E-state index in [-0.39, 0.29) is 12.5 Å². The lowest BCUT2D eigenvalue weighted by molar-refractivity contribution is -0.121. The monoisotopic (exact) mass is 300 g/mol. The molecule has 0 aliphatic carbocycles. The summed E-state index contributed by atoms with van der Waals surface area (Å²) in [6, 6.07) is 15.0. The molecule has 0 unspecified atom stereocenters. The van der Waals surface area contributed by atoms with Crippen molar-refractivity contribution in [2.45, 2.75) is 13.2 Å². The zero-order valence-corrected chi connectivity index (χ0v) is 12.5. The molecule has 2 rings (SSSR count). The molecule has 116 valence electrons. The first-order valence-electron chi connectivity index (χ1n) is 7.01. The molecule has 2 aromatic carbocycles. The number of nitrogens with two attached hydrogens (primary N) is 1. The number of carbonyl (C=O) groups is 1. The summed E-state index contributed by atoms with van der Waals surface area (Å²) in [5.41, 5.74) is 8.23. The van der Waals surface area contributed by atoms with Crippen LogP contribution in [0.1, 0.15) is 11.1 Å². The number of methoxy groups -OCH3 is 1. The first-order valence-corrected chi connectivity index (χ1v) is 7.01. The van der Waals surface area contributed by atoms with Crippen molar-refractivity contribution in [3.63, 3.8) is 0 Å². The number of ether oxygens (including phenoxy) is 2. The van der Waals surface area contributed by atoms with E-state index in [9.17, 15) is 4.79 Å². The topological polar surface area (TPSA) is 73.6 Å². The third-order valence-electron chi connectivity index (χ3n) is 3.11. The quantitative estimate of drug-likeness (QED) is 0.823. The molecule has 0 aliphatic heterocycles. The van der Waals surface area contributed by atoms with E-state index >= 15 is 0 Å². The number of hydrogen-bond acceptors (Lipinski definition) is 4. The Bertz CT molecular complexity index is 612. The van der Waals surface area contributed by atoms with Crippen LogP contribution in [0.3, 0.4) is 0 Å². The number of rotatable bonds is 7. The normalized spacial score (nSPS) is 10.3. The van der Waals surface area contributed by atoms with Gasteiger partial charge < -0.3 is 20.5 Å². The summed E-state index contributed by atoms with van der Waals surface area (Å²) < 4.78 is 10.5. The maximum Gasteiger partial charge on any atom is 0.250 e. The average Bonchev–Trinajstić information content (AvgIpc) is 2.56. The van der Waals surface area contributed by atoms with Crippen molar-refractivity contribution >= 4 is 11.6 Å². The number of carbonyl (C=O) groups excluding carboxylic acids is 1. The maximum atomic E-state index is 11.8. The molecular formula is C17H20N2O3. The summed E-state index contributed by atoms with van der Waals surface area (Å²) in [5.74, 6) is 0.578. The molecule has 5 heteroatoms. The van der Waals surface area contributed by atoms with Gasteiger partial charge >= 0.3 is 0 Å². The molecule has 22 heavy (non-hydrogen) atoms. The molecule has 0 saturated heterocycles. The largest absolute Gasteiger partial charge is 0.497 e. The van der Waals surface area contributed by atoms with Gasteiger partial charge in [0.25, 0.3) is 0 Å². The first-order chi connectivity index (χ1) is 10.7. The Hall–Kier alpha value is -2.37. The predicted molar refractivity (Wildman–Crippen MR) is 85.6 cm³/mol. The van der Waals surface area contributed by atoms with Crippen molar-refractivity contribution in [3.8, 4) is 5.75 Å². The van der Waals surface area contributed by atoms with Gasteiger partial charge in [-0.05, 0) is 35.4 Å². The van der Waals surface area contributed by atoms with Crippen LogP contribution in [0.15, 0.2) is 48.5 Å². The van der Waals surface area contributed by atoms with E-state index in [2.05, 4.69) is 5.32 Å². The molecule has 0 saturated carbocycles. The van der Waals surface area contributed by atoms with E-state index in [1.807, 2.05) is 48.5 Å². The van der Waals surface area contributed by atoms with Gasteiger partial charge in [0.15, 0.2) is 0 Å². The number of anilines is 1. The summed E-state index contributed by atoms with van der Waals surface area (Å²) in [4.78, 5) is 11.8. The summed E-state index contributed by atoms with van der Waals surface area (Å²) >= 11 is 0. The SMILES string of the molecule is COc1cccc(COCC(=O)Nc2ccc(CN)cc2)c1. The lowest BCUT2D eigenvalue weighted by Crippen LogP contribution is -2.18. The Labute approximate surface area is 130 Å². The number of nitrogens with one attached hydrogen (secondary N) is 1. The van der Waals surface area contributed by atoms with Crippen LogP contribution in [-0.2, 0) is 22.7 Å². The van der Waals surface area contributed by atoms with E-state index < -0.39 is 0 Å². The van der Waals surface area contributed by atoms with Gasteiger partial charge in [0.05, 0.1) is 13.7 Å². The highest BCUT2D eigenvalue weighted by molar-refractivity contribution is 5.91. The van der Waals surface area contributed by atoms with Gasteiger partial charge in [0.1, 0.15) is 12.4 Å². The second-order valence-electron chi connectivity index (χ2n) is 4.79. The highest BCUT2D eigenvalue weighted by Gasteiger charge is 2.03. The molecule has 5 nitrogen and oxygen atoms in total.